The Morgan fingerprint density at radius 2 is 2.12 bits per heavy atom. The molecule has 2 rings (SSSR count). The summed E-state index contributed by atoms with van der Waals surface area (Å²) in [6.07, 6.45) is 5.46. The number of nitrogens with one attached hydrogen (secondary N) is 1. The molecule has 2 fully saturated rings. The van der Waals surface area contributed by atoms with Gasteiger partial charge in [0.25, 0.3) is 0 Å². The monoisotopic (exact) mass is 256 g/mol. The molecule has 0 aromatic heterocycles. The summed E-state index contributed by atoms with van der Waals surface area (Å²) in [6, 6.07) is 2.35. The fourth-order valence-electron chi connectivity index (χ4n) is 2.78. The van der Waals surface area contributed by atoms with Crippen molar-refractivity contribution < 1.29 is 0 Å². The van der Waals surface area contributed by atoms with Gasteiger partial charge >= 0.3 is 0 Å². The van der Waals surface area contributed by atoms with Gasteiger partial charge in [0.1, 0.15) is 0 Å². The van der Waals surface area contributed by atoms with Gasteiger partial charge < -0.3 is 5.32 Å². The minimum Gasteiger partial charge on any atom is -0.312 e. The van der Waals surface area contributed by atoms with Crippen molar-refractivity contribution in [2.45, 2.75) is 69.8 Å². The average molecular weight is 256 g/mol. The summed E-state index contributed by atoms with van der Waals surface area (Å²) in [6.45, 7) is 9.61. The Balaban J connectivity index is 1.87. The molecule has 3 heteroatoms. The van der Waals surface area contributed by atoms with Gasteiger partial charge in [-0.25, -0.2) is 0 Å². The van der Waals surface area contributed by atoms with Crippen LogP contribution in [0, 0.1) is 0 Å². The van der Waals surface area contributed by atoms with E-state index in [9.17, 15) is 0 Å². The smallest absolute Gasteiger partial charge is 0.0224 e. The minimum absolute atomic E-state index is 0.742. The summed E-state index contributed by atoms with van der Waals surface area (Å²) in [4.78, 5) is 2.76. The second-order valence-electron chi connectivity index (χ2n) is 5.68. The van der Waals surface area contributed by atoms with E-state index in [-0.39, 0.29) is 0 Å². The van der Waals surface area contributed by atoms with Crippen molar-refractivity contribution in [3.05, 3.63) is 0 Å². The van der Waals surface area contributed by atoms with Gasteiger partial charge in [-0.1, -0.05) is 20.3 Å². The van der Waals surface area contributed by atoms with Gasteiger partial charge in [-0.3, -0.25) is 4.90 Å². The minimum atomic E-state index is 0.742. The summed E-state index contributed by atoms with van der Waals surface area (Å²) >= 11 is 2.14. The van der Waals surface area contributed by atoms with E-state index in [0.717, 1.165) is 23.4 Å². The zero-order valence-corrected chi connectivity index (χ0v) is 12.4. The van der Waals surface area contributed by atoms with Crippen molar-refractivity contribution in [1.82, 2.24) is 10.2 Å². The first kappa shape index (κ1) is 13.7. The van der Waals surface area contributed by atoms with Gasteiger partial charge in [0.05, 0.1) is 0 Å². The van der Waals surface area contributed by atoms with Crippen LogP contribution in [0.3, 0.4) is 0 Å². The summed E-state index contributed by atoms with van der Waals surface area (Å²) in [5.74, 6) is 1.31. The Bertz CT molecular complexity index is 230. The Morgan fingerprint density at radius 1 is 1.35 bits per heavy atom. The van der Waals surface area contributed by atoms with Crippen molar-refractivity contribution in [2.24, 2.45) is 0 Å². The molecule has 3 unspecified atom stereocenters. The highest BCUT2D eigenvalue weighted by Crippen LogP contribution is 2.27. The molecular formula is C14H28N2S. The van der Waals surface area contributed by atoms with Crippen molar-refractivity contribution in [3.8, 4) is 0 Å². The van der Waals surface area contributed by atoms with Crippen molar-refractivity contribution in [3.63, 3.8) is 0 Å². The number of thioether (sulfide) groups is 1. The third-order valence-electron chi connectivity index (χ3n) is 4.24. The summed E-state index contributed by atoms with van der Waals surface area (Å²) in [5, 5.41) is 4.52. The number of nitrogens with zero attached hydrogens (tertiary/aromatic N) is 1. The number of rotatable bonds is 6. The predicted molar refractivity (Wildman–Crippen MR) is 77.8 cm³/mol. The highest BCUT2D eigenvalue weighted by Gasteiger charge is 2.31. The lowest BCUT2D eigenvalue weighted by molar-refractivity contribution is 0.135. The zero-order chi connectivity index (χ0) is 12.3. The van der Waals surface area contributed by atoms with E-state index in [4.69, 9.17) is 0 Å². The van der Waals surface area contributed by atoms with E-state index in [1.54, 1.807) is 0 Å². The fraction of sp³-hybridized carbons (Fsp3) is 1.00. The topological polar surface area (TPSA) is 15.3 Å². The zero-order valence-electron chi connectivity index (χ0n) is 11.6. The molecule has 0 aromatic rings. The van der Waals surface area contributed by atoms with Crippen LogP contribution >= 0.6 is 11.8 Å². The van der Waals surface area contributed by atoms with Crippen LogP contribution in [0.5, 0.6) is 0 Å². The number of hydrogen-bond acceptors (Lipinski definition) is 3. The molecule has 1 saturated carbocycles. The van der Waals surface area contributed by atoms with Gasteiger partial charge in [0, 0.05) is 42.2 Å². The average Bonchev–Trinajstić information content (AvgIpc) is 3.12. The lowest BCUT2D eigenvalue weighted by Gasteiger charge is -2.42. The largest absolute Gasteiger partial charge is 0.312 e. The normalized spacial score (nSPS) is 32.6. The van der Waals surface area contributed by atoms with Gasteiger partial charge in [0.2, 0.25) is 0 Å². The molecule has 17 heavy (non-hydrogen) atoms. The fourth-order valence-corrected chi connectivity index (χ4v) is 3.90. The van der Waals surface area contributed by atoms with E-state index in [0.29, 0.717) is 0 Å². The van der Waals surface area contributed by atoms with Crippen LogP contribution in [0.15, 0.2) is 0 Å². The third-order valence-corrected chi connectivity index (χ3v) is 5.58. The quantitative estimate of drug-likeness (QED) is 0.787. The molecule has 1 N–H and O–H groups in total. The van der Waals surface area contributed by atoms with E-state index >= 15 is 0 Å². The van der Waals surface area contributed by atoms with Crippen molar-refractivity contribution in [2.75, 3.05) is 18.8 Å². The lowest BCUT2D eigenvalue weighted by Crippen LogP contribution is -2.53. The maximum Gasteiger partial charge on any atom is 0.0224 e. The van der Waals surface area contributed by atoms with Gasteiger partial charge in [-0.15, -0.1) is 0 Å². The Kier molecular flexibility index (Phi) is 5.19. The van der Waals surface area contributed by atoms with E-state index < -0.39 is 0 Å². The number of hydrogen-bond donors (Lipinski definition) is 1. The molecule has 0 spiro atoms. The maximum absolute atomic E-state index is 3.73. The third kappa shape index (κ3) is 3.87. The highest BCUT2D eigenvalue weighted by molar-refractivity contribution is 8.00. The predicted octanol–water partition coefficient (Wildman–Crippen LogP) is 2.73. The van der Waals surface area contributed by atoms with Crippen molar-refractivity contribution in [1.29, 1.82) is 0 Å². The first-order valence-corrected chi connectivity index (χ1v) is 8.38. The molecule has 2 aliphatic rings. The highest BCUT2D eigenvalue weighted by atomic mass is 32.2. The van der Waals surface area contributed by atoms with Crippen LogP contribution in [0.1, 0.15) is 46.5 Å². The molecule has 1 saturated heterocycles. The van der Waals surface area contributed by atoms with Crippen LogP contribution in [-0.2, 0) is 0 Å². The van der Waals surface area contributed by atoms with Crippen molar-refractivity contribution >= 4 is 11.8 Å². The van der Waals surface area contributed by atoms with Gasteiger partial charge in [-0.05, 0) is 26.2 Å². The molecule has 100 valence electrons. The molecule has 0 amide bonds. The van der Waals surface area contributed by atoms with E-state index in [1.165, 1.54) is 44.5 Å². The molecule has 0 radical (unpaired) electrons. The van der Waals surface area contributed by atoms with E-state index in [1.807, 2.05) is 0 Å². The first-order valence-electron chi connectivity index (χ1n) is 7.33. The Hall–Kier alpha value is 0.270. The second kappa shape index (κ2) is 6.44. The molecule has 1 aliphatic heterocycles. The summed E-state index contributed by atoms with van der Waals surface area (Å²) < 4.78 is 0. The first-order chi connectivity index (χ1) is 8.22. The standard InChI is InChI=1S/C14H28N2S/c1-4-5-14(10-15-13-6-7-13)16-8-9-17-12(3)11(16)2/h11-15H,4-10H2,1-3H3. The van der Waals surface area contributed by atoms with Crippen LogP contribution in [0.2, 0.25) is 0 Å². The lowest BCUT2D eigenvalue weighted by atomic mass is 10.1. The van der Waals surface area contributed by atoms with Gasteiger partial charge in [-0.2, -0.15) is 11.8 Å². The molecular weight excluding hydrogens is 228 g/mol. The summed E-state index contributed by atoms with van der Waals surface area (Å²) in [5.41, 5.74) is 0. The van der Waals surface area contributed by atoms with Crippen LogP contribution < -0.4 is 5.32 Å². The SMILES string of the molecule is CCCC(CNC1CC1)N1CCSC(C)C1C. The second-order valence-corrected chi connectivity index (χ2v) is 7.16. The molecule has 2 nitrogen and oxygen atoms in total. The maximum atomic E-state index is 3.73. The van der Waals surface area contributed by atoms with Crippen LogP contribution in [0.4, 0.5) is 0 Å². The Morgan fingerprint density at radius 3 is 2.76 bits per heavy atom. The molecule has 1 heterocycles. The Labute approximate surface area is 111 Å². The van der Waals surface area contributed by atoms with Crippen LogP contribution in [0.25, 0.3) is 0 Å². The van der Waals surface area contributed by atoms with E-state index in [2.05, 4.69) is 42.7 Å². The molecule has 0 bridgehead atoms. The van der Waals surface area contributed by atoms with Gasteiger partial charge in [0.15, 0.2) is 0 Å². The van der Waals surface area contributed by atoms with Crippen LogP contribution in [-0.4, -0.2) is 47.1 Å². The molecule has 3 atom stereocenters. The molecule has 1 aliphatic carbocycles. The molecule has 0 aromatic carbocycles. The summed E-state index contributed by atoms with van der Waals surface area (Å²) in [7, 11) is 0.